The summed E-state index contributed by atoms with van der Waals surface area (Å²) in [6.45, 7) is 1.48. The van der Waals surface area contributed by atoms with E-state index in [4.69, 9.17) is 11.6 Å². The fraction of sp³-hybridized carbons (Fsp3) is 0.133. The lowest BCUT2D eigenvalue weighted by molar-refractivity contribution is -0.385. The minimum Gasteiger partial charge on any atom is -0.345 e. The van der Waals surface area contributed by atoms with Crippen molar-refractivity contribution in [2.45, 2.75) is 13.0 Å². The van der Waals surface area contributed by atoms with Gasteiger partial charge in [-0.2, -0.15) is 0 Å². The first-order valence-electron chi connectivity index (χ1n) is 6.49. The molecule has 0 radical (unpaired) electrons. The smallest absolute Gasteiger partial charge is 0.283 e. The summed E-state index contributed by atoms with van der Waals surface area (Å²) >= 11 is 5.68. The summed E-state index contributed by atoms with van der Waals surface area (Å²) in [5, 5.41) is 13.5. The lowest BCUT2D eigenvalue weighted by Gasteiger charge is -2.15. The number of nitrogens with one attached hydrogen (secondary N) is 1. The quantitative estimate of drug-likeness (QED) is 0.675. The van der Waals surface area contributed by atoms with Crippen molar-refractivity contribution in [1.29, 1.82) is 0 Å². The van der Waals surface area contributed by atoms with Gasteiger partial charge in [0.05, 0.1) is 11.0 Å². The zero-order valence-corrected chi connectivity index (χ0v) is 12.6. The maximum absolute atomic E-state index is 13.7. The fourth-order valence-electron chi connectivity index (χ4n) is 2.05. The molecule has 0 aromatic heterocycles. The first-order chi connectivity index (χ1) is 10.8. The average Bonchev–Trinajstić information content (AvgIpc) is 2.46. The number of hydrogen-bond acceptors (Lipinski definition) is 3. The number of amides is 1. The molecule has 0 saturated carbocycles. The molecule has 0 aliphatic carbocycles. The van der Waals surface area contributed by atoms with Gasteiger partial charge in [0.25, 0.3) is 11.6 Å². The predicted molar refractivity (Wildman–Crippen MR) is 80.3 cm³/mol. The highest BCUT2D eigenvalue weighted by Crippen LogP contribution is 2.24. The highest BCUT2D eigenvalue weighted by molar-refractivity contribution is 6.31. The van der Waals surface area contributed by atoms with Gasteiger partial charge in [0.2, 0.25) is 0 Å². The highest BCUT2D eigenvalue weighted by atomic mass is 35.5. The molecule has 0 saturated heterocycles. The van der Waals surface area contributed by atoms with Crippen LogP contribution in [0.5, 0.6) is 0 Å². The van der Waals surface area contributed by atoms with E-state index in [-0.39, 0.29) is 16.1 Å². The zero-order valence-electron chi connectivity index (χ0n) is 11.8. The topological polar surface area (TPSA) is 72.2 Å². The van der Waals surface area contributed by atoms with Crippen molar-refractivity contribution in [2.75, 3.05) is 0 Å². The number of carbonyl (C=O) groups excluding carboxylic acids is 1. The van der Waals surface area contributed by atoms with Crippen LogP contribution in [0.25, 0.3) is 0 Å². The van der Waals surface area contributed by atoms with Crippen LogP contribution in [-0.4, -0.2) is 10.8 Å². The van der Waals surface area contributed by atoms with E-state index in [1.54, 1.807) is 0 Å². The van der Waals surface area contributed by atoms with Gasteiger partial charge in [0.1, 0.15) is 17.2 Å². The van der Waals surface area contributed by atoms with Crippen molar-refractivity contribution < 1.29 is 18.5 Å². The van der Waals surface area contributed by atoms with E-state index < -0.39 is 34.2 Å². The first kappa shape index (κ1) is 16.8. The summed E-state index contributed by atoms with van der Waals surface area (Å²) in [7, 11) is 0. The lowest BCUT2D eigenvalue weighted by Crippen LogP contribution is -2.27. The molecule has 5 nitrogen and oxygen atoms in total. The van der Waals surface area contributed by atoms with Crippen LogP contribution in [0.1, 0.15) is 28.9 Å². The SMILES string of the molecule is C[C@@H](NC(=O)c1ccc(Cl)cc1[N+](=O)[O-])c1ccc(F)cc1F. The van der Waals surface area contributed by atoms with E-state index in [2.05, 4.69) is 5.32 Å². The molecule has 8 heteroatoms. The molecular formula is C15H11ClF2N2O3. The Kier molecular flexibility index (Phi) is 4.90. The van der Waals surface area contributed by atoms with E-state index in [1.807, 2.05) is 0 Å². The van der Waals surface area contributed by atoms with Gasteiger partial charge in [-0.25, -0.2) is 8.78 Å². The van der Waals surface area contributed by atoms with Crippen LogP contribution in [0.3, 0.4) is 0 Å². The van der Waals surface area contributed by atoms with Crippen LogP contribution in [0, 0.1) is 21.7 Å². The van der Waals surface area contributed by atoms with Crippen LogP contribution in [0.15, 0.2) is 36.4 Å². The monoisotopic (exact) mass is 340 g/mol. The molecule has 1 N–H and O–H groups in total. The summed E-state index contributed by atoms with van der Waals surface area (Å²) in [5.41, 5.74) is -0.591. The number of hydrogen-bond donors (Lipinski definition) is 1. The third kappa shape index (κ3) is 3.81. The van der Waals surface area contributed by atoms with Crippen molar-refractivity contribution in [3.05, 3.63) is 74.3 Å². The predicted octanol–water partition coefficient (Wildman–Crippen LogP) is 4.02. The first-order valence-corrected chi connectivity index (χ1v) is 6.87. The van der Waals surface area contributed by atoms with Crippen molar-refractivity contribution >= 4 is 23.2 Å². The molecule has 0 aliphatic rings. The van der Waals surface area contributed by atoms with Crippen LogP contribution in [0.4, 0.5) is 14.5 Å². The standard InChI is InChI=1S/C15H11ClF2N2O3/c1-8(11-5-3-10(17)7-13(11)18)19-15(21)12-4-2-9(16)6-14(12)20(22)23/h2-8H,1H3,(H,19,21)/t8-/m1/s1. The molecule has 23 heavy (non-hydrogen) atoms. The molecule has 1 amide bonds. The van der Waals surface area contributed by atoms with Crippen LogP contribution in [-0.2, 0) is 0 Å². The maximum Gasteiger partial charge on any atom is 0.283 e. The summed E-state index contributed by atoms with van der Waals surface area (Å²) < 4.78 is 26.6. The highest BCUT2D eigenvalue weighted by Gasteiger charge is 2.23. The number of rotatable bonds is 4. The molecule has 120 valence electrons. The maximum atomic E-state index is 13.7. The summed E-state index contributed by atoms with van der Waals surface area (Å²) in [5.74, 6) is -2.31. The van der Waals surface area contributed by atoms with Crippen molar-refractivity contribution in [3.8, 4) is 0 Å². The normalized spacial score (nSPS) is 11.8. The molecule has 0 fully saturated rings. The molecule has 0 spiro atoms. The van der Waals surface area contributed by atoms with E-state index in [9.17, 15) is 23.7 Å². The van der Waals surface area contributed by atoms with E-state index in [1.165, 1.54) is 25.1 Å². The van der Waals surface area contributed by atoms with E-state index in [0.717, 1.165) is 12.1 Å². The third-order valence-corrected chi connectivity index (χ3v) is 3.41. The summed E-state index contributed by atoms with van der Waals surface area (Å²) in [6.07, 6.45) is 0. The largest absolute Gasteiger partial charge is 0.345 e. The molecule has 0 bridgehead atoms. The second-order valence-corrected chi connectivity index (χ2v) is 5.22. The van der Waals surface area contributed by atoms with E-state index >= 15 is 0 Å². The van der Waals surface area contributed by atoms with Crippen LogP contribution >= 0.6 is 11.6 Å². The Hall–Kier alpha value is -2.54. The Labute approximate surface area is 135 Å². The Morgan fingerprint density at radius 1 is 1.26 bits per heavy atom. The minimum absolute atomic E-state index is 0.0661. The molecule has 0 heterocycles. The number of carbonyl (C=O) groups is 1. The average molecular weight is 341 g/mol. The van der Waals surface area contributed by atoms with Gasteiger partial charge in [-0.1, -0.05) is 17.7 Å². The second kappa shape index (κ2) is 6.70. The molecule has 0 unspecified atom stereocenters. The third-order valence-electron chi connectivity index (χ3n) is 3.18. The zero-order chi connectivity index (χ0) is 17.1. The fourth-order valence-corrected chi connectivity index (χ4v) is 2.22. The Morgan fingerprint density at radius 3 is 2.57 bits per heavy atom. The molecule has 1 atom stereocenters. The molecule has 2 aromatic rings. The molecule has 2 rings (SSSR count). The number of benzene rings is 2. The Bertz CT molecular complexity index is 783. The number of nitrogens with zero attached hydrogens (tertiary/aromatic N) is 1. The van der Waals surface area contributed by atoms with Gasteiger partial charge < -0.3 is 5.32 Å². The number of halogens is 3. The van der Waals surface area contributed by atoms with Gasteiger partial charge in [0, 0.05) is 22.7 Å². The van der Waals surface area contributed by atoms with Crippen molar-refractivity contribution in [3.63, 3.8) is 0 Å². The van der Waals surface area contributed by atoms with Crippen molar-refractivity contribution in [2.24, 2.45) is 0 Å². The molecular weight excluding hydrogens is 330 g/mol. The van der Waals surface area contributed by atoms with Gasteiger partial charge in [-0.15, -0.1) is 0 Å². The summed E-state index contributed by atoms with van der Waals surface area (Å²) in [4.78, 5) is 22.4. The lowest BCUT2D eigenvalue weighted by atomic mass is 10.1. The second-order valence-electron chi connectivity index (χ2n) is 4.78. The molecule has 2 aromatic carbocycles. The number of nitro groups is 1. The minimum atomic E-state index is -0.816. The Balaban J connectivity index is 2.27. The van der Waals surface area contributed by atoms with Crippen LogP contribution in [0.2, 0.25) is 5.02 Å². The van der Waals surface area contributed by atoms with Crippen molar-refractivity contribution in [1.82, 2.24) is 5.32 Å². The molecule has 0 aliphatic heterocycles. The van der Waals surface area contributed by atoms with Gasteiger partial charge in [-0.05, 0) is 25.1 Å². The number of nitro benzene ring substituents is 1. The van der Waals surface area contributed by atoms with E-state index in [0.29, 0.717) is 6.07 Å². The van der Waals surface area contributed by atoms with Gasteiger partial charge in [0.15, 0.2) is 0 Å². The van der Waals surface area contributed by atoms with Crippen LogP contribution < -0.4 is 5.32 Å². The van der Waals surface area contributed by atoms with Gasteiger partial charge in [-0.3, -0.25) is 14.9 Å². The summed E-state index contributed by atoms with van der Waals surface area (Å²) in [6, 6.07) is 5.76. The van der Waals surface area contributed by atoms with Gasteiger partial charge >= 0.3 is 0 Å². The Morgan fingerprint density at radius 2 is 1.96 bits per heavy atom.